The van der Waals surface area contributed by atoms with E-state index in [4.69, 9.17) is 0 Å². The Morgan fingerprint density at radius 2 is 1.76 bits per heavy atom. The number of hydrogen-bond donors (Lipinski definition) is 1. The summed E-state index contributed by atoms with van der Waals surface area (Å²) in [5.74, 6) is -1.19. The molecule has 2 aliphatic rings. The molecular formula is C13H21NO3. The molecule has 2 fully saturated rings. The first kappa shape index (κ1) is 12.4. The molecule has 0 radical (unpaired) electrons. The third kappa shape index (κ3) is 2.31. The molecule has 96 valence electrons. The fourth-order valence-corrected chi connectivity index (χ4v) is 3.05. The van der Waals surface area contributed by atoms with Crippen molar-refractivity contribution in [3.63, 3.8) is 0 Å². The van der Waals surface area contributed by atoms with Crippen LogP contribution in [0.25, 0.3) is 0 Å². The van der Waals surface area contributed by atoms with Crippen LogP contribution in [-0.2, 0) is 9.59 Å². The second kappa shape index (κ2) is 4.67. The van der Waals surface area contributed by atoms with E-state index < -0.39 is 11.9 Å². The van der Waals surface area contributed by atoms with E-state index in [9.17, 15) is 14.7 Å². The molecule has 3 atom stereocenters. The summed E-state index contributed by atoms with van der Waals surface area (Å²) in [5, 5.41) is 9.17. The highest BCUT2D eigenvalue weighted by molar-refractivity contribution is 5.85. The van der Waals surface area contributed by atoms with Gasteiger partial charge in [-0.15, -0.1) is 0 Å². The van der Waals surface area contributed by atoms with Crippen molar-refractivity contribution in [2.24, 2.45) is 17.8 Å². The normalized spacial score (nSPS) is 33.2. The first-order valence-electron chi connectivity index (χ1n) is 6.50. The van der Waals surface area contributed by atoms with Crippen LogP contribution in [-0.4, -0.2) is 35.0 Å². The number of rotatable bonds is 3. The van der Waals surface area contributed by atoms with Crippen molar-refractivity contribution in [1.82, 2.24) is 4.90 Å². The predicted molar refractivity (Wildman–Crippen MR) is 63.4 cm³/mol. The molecular weight excluding hydrogens is 218 g/mol. The Balaban J connectivity index is 2.04. The Kier molecular flexibility index (Phi) is 3.40. The van der Waals surface area contributed by atoms with Crippen LogP contribution in [0.1, 0.15) is 39.0 Å². The predicted octanol–water partition coefficient (Wildman–Crippen LogP) is 1.74. The Hall–Kier alpha value is -1.06. The van der Waals surface area contributed by atoms with Crippen LogP contribution in [0.4, 0.5) is 0 Å². The molecule has 0 aromatic carbocycles. The summed E-state index contributed by atoms with van der Waals surface area (Å²) in [7, 11) is 1.83. The van der Waals surface area contributed by atoms with Crippen molar-refractivity contribution < 1.29 is 14.7 Å². The summed E-state index contributed by atoms with van der Waals surface area (Å²) in [6.45, 7) is 2.03. The number of carboxylic acid groups (broad SMARTS) is 1. The van der Waals surface area contributed by atoms with Gasteiger partial charge in [0.1, 0.15) is 0 Å². The lowest BCUT2D eigenvalue weighted by atomic mass is 9.89. The van der Waals surface area contributed by atoms with Crippen LogP contribution >= 0.6 is 0 Å². The van der Waals surface area contributed by atoms with E-state index in [-0.39, 0.29) is 11.8 Å². The van der Waals surface area contributed by atoms with Crippen LogP contribution in [0.2, 0.25) is 0 Å². The molecule has 0 aromatic rings. The van der Waals surface area contributed by atoms with Gasteiger partial charge in [-0.05, 0) is 38.0 Å². The van der Waals surface area contributed by atoms with E-state index in [0.717, 1.165) is 19.3 Å². The second-order valence-electron chi connectivity index (χ2n) is 5.66. The van der Waals surface area contributed by atoms with E-state index in [0.29, 0.717) is 18.4 Å². The minimum absolute atomic E-state index is 0.0476. The summed E-state index contributed by atoms with van der Waals surface area (Å²) in [4.78, 5) is 25.3. The van der Waals surface area contributed by atoms with Gasteiger partial charge >= 0.3 is 5.97 Å². The topological polar surface area (TPSA) is 57.6 Å². The zero-order chi connectivity index (χ0) is 12.6. The molecule has 0 aromatic heterocycles. The van der Waals surface area contributed by atoms with Crippen molar-refractivity contribution in [2.45, 2.75) is 45.1 Å². The SMILES string of the molecule is CC1C[C@H](C(=O)N(C)C2CCC2)[C@H](C(=O)O)C1. The van der Waals surface area contributed by atoms with E-state index in [2.05, 4.69) is 0 Å². The van der Waals surface area contributed by atoms with Gasteiger partial charge in [0.15, 0.2) is 0 Å². The van der Waals surface area contributed by atoms with Gasteiger partial charge in [0.05, 0.1) is 11.8 Å². The van der Waals surface area contributed by atoms with E-state index in [1.165, 1.54) is 6.42 Å². The number of nitrogens with zero attached hydrogens (tertiary/aromatic N) is 1. The van der Waals surface area contributed by atoms with Gasteiger partial charge in [-0.25, -0.2) is 0 Å². The van der Waals surface area contributed by atoms with Crippen LogP contribution in [0.5, 0.6) is 0 Å². The molecule has 2 aliphatic carbocycles. The Morgan fingerprint density at radius 3 is 2.24 bits per heavy atom. The molecule has 0 aliphatic heterocycles. The Bertz CT molecular complexity index is 325. The lowest BCUT2D eigenvalue weighted by Crippen LogP contribution is -2.45. The number of carboxylic acids is 1. The fraction of sp³-hybridized carbons (Fsp3) is 0.846. The second-order valence-corrected chi connectivity index (χ2v) is 5.66. The summed E-state index contributed by atoms with van der Waals surface area (Å²) in [6.07, 6.45) is 4.70. The molecule has 4 heteroatoms. The summed E-state index contributed by atoms with van der Waals surface area (Å²) in [6, 6.07) is 0.354. The number of amides is 1. The highest BCUT2D eigenvalue weighted by Gasteiger charge is 2.43. The minimum Gasteiger partial charge on any atom is -0.481 e. The van der Waals surface area contributed by atoms with Crippen LogP contribution in [0.3, 0.4) is 0 Å². The number of hydrogen-bond acceptors (Lipinski definition) is 2. The Labute approximate surface area is 102 Å². The molecule has 0 bridgehead atoms. The first-order chi connectivity index (χ1) is 8.00. The average molecular weight is 239 g/mol. The fourth-order valence-electron chi connectivity index (χ4n) is 3.05. The maximum absolute atomic E-state index is 12.3. The highest BCUT2D eigenvalue weighted by atomic mass is 16.4. The first-order valence-corrected chi connectivity index (χ1v) is 6.50. The molecule has 0 saturated heterocycles. The average Bonchev–Trinajstić information content (AvgIpc) is 2.56. The third-order valence-electron chi connectivity index (χ3n) is 4.40. The zero-order valence-electron chi connectivity index (χ0n) is 10.6. The van der Waals surface area contributed by atoms with Crippen molar-refractivity contribution in [3.05, 3.63) is 0 Å². The molecule has 1 N–H and O–H groups in total. The smallest absolute Gasteiger partial charge is 0.307 e. The molecule has 4 nitrogen and oxygen atoms in total. The minimum atomic E-state index is -0.810. The number of carbonyl (C=O) groups excluding carboxylic acids is 1. The lowest BCUT2D eigenvalue weighted by Gasteiger charge is -2.36. The van der Waals surface area contributed by atoms with E-state index in [1.807, 2.05) is 14.0 Å². The molecule has 0 spiro atoms. The maximum atomic E-state index is 12.3. The molecule has 2 rings (SSSR count). The van der Waals surface area contributed by atoms with Crippen LogP contribution < -0.4 is 0 Å². The monoisotopic (exact) mass is 239 g/mol. The van der Waals surface area contributed by atoms with Gasteiger partial charge < -0.3 is 10.0 Å². The zero-order valence-corrected chi connectivity index (χ0v) is 10.6. The summed E-state index contributed by atoms with van der Waals surface area (Å²) >= 11 is 0. The van der Waals surface area contributed by atoms with Gasteiger partial charge in [-0.1, -0.05) is 6.92 Å². The van der Waals surface area contributed by atoms with Gasteiger partial charge in [-0.3, -0.25) is 9.59 Å². The van der Waals surface area contributed by atoms with Crippen molar-refractivity contribution >= 4 is 11.9 Å². The molecule has 17 heavy (non-hydrogen) atoms. The van der Waals surface area contributed by atoms with Crippen molar-refractivity contribution in [1.29, 1.82) is 0 Å². The third-order valence-corrected chi connectivity index (χ3v) is 4.40. The van der Waals surface area contributed by atoms with Gasteiger partial charge in [-0.2, -0.15) is 0 Å². The van der Waals surface area contributed by atoms with E-state index in [1.54, 1.807) is 4.90 Å². The summed E-state index contributed by atoms with van der Waals surface area (Å²) in [5.41, 5.74) is 0. The van der Waals surface area contributed by atoms with Crippen LogP contribution in [0.15, 0.2) is 0 Å². The quantitative estimate of drug-likeness (QED) is 0.816. The number of aliphatic carboxylic acids is 1. The van der Waals surface area contributed by atoms with Gasteiger partial charge in [0, 0.05) is 13.1 Å². The van der Waals surface area contributed by atoms with Crippen molar-refractivity contribution in [2.75, 3.05) is 7.05 Å². The number of carbonyl (C=O) groups is 2. The molecule has 2 saturated carbocycles. The standard InChI is InChI=1S/C13H21NO3/c1-8-6-10(11(7-8)13(16)17)12(15)14(2)9-4-3-5-9/h8-11H,3-7H2,1-2H3,(H,16,17)/t8?,10-,11+/m0/s1. The van der Waals surface area contributed by atoms with Gasteiger partial charge in [0.25, 0.3) is 0 Å². The van der Waals surface area contributed by atoms with Gasteiger partial charge in [0.2, 0.25) is 5.91 Å². The highest BCUT2D eigenvalue weighted by Crippen LogP contribution is 2.38. The largest absolute Gasteiger partial charge is 0.481 e. The summed E-state index contributed by atoms with van der Waals surface area (Å²) < 4.78 is 0. The maximum Gasteiger partial charge on any atom is 0.307 e. The van der Waals surface area contributed by atoms with Crippen LogP contribution in [0, 0.1) is 17.8 Å². The molecule has 0 heterocycles. The van der Waals surface area contributed by atoms with Crippen molar-refractivity contribution in [3.8, 4) is 0 Å². The lowest BCUT2D eigenvalue weighted by molar-refractivity contribution is -0.150. The Morgan fingerprint density at radius 1 is 1.18 bits per heavy atom. The molecule has 1 amide bonds. The van der Waals surface area contributed by atoms with E-state index >= 15 is 0 Å². The molecule has 1 unspecified atom stereocenters.